The SMILES string of the molecule is CNC(C1=CCCCO1)c1ccc(F)c(OC)c1. The van der Waals surface area contributed by atoms with Crippen molar-refractivity contribution in [3.8, 4) is 5.75 Å². The fourth-order valence-electron chi connectivity index (χ4n) is 2.11. The third-order valence-corrected chi connectivity index (χ3v) is 3.04. The number of hydrogen-bond donors (Lipinski definition) is 1. The number of allylic oxidation sites excluding steroid dienone is 1. The molecule has 2 rings (SSSR count). The van der Waals surface area contributed by atoms with Crippen molar-refractivity contribution in [3.63, 3.8) is 0 Å². The topological polar surface area (TPSA) is 30.5 Å². The number of methoxy groups -OCH3 is 1. The van der Waals surface area contributed by atoms with Gasteiger partial charge in [0.15, 0.2) is 11.6 Å². The highest BCUT2D eigenvalue weighted by molar-refractivity contribution is 5.35. The molecule has 4 heteroatoms. The van der Waals surface area contributed by atoms with Gasteiger partial charge in [-0.15, -0.1) is 0 Å². The lowest BCUT2D eigenvalue weighted by atomic mass is 10.0. The summed E-state index contributed by atoms with van der Waals surface area (Å²) in [5.41, 5.74) is 0.934. The Kier molecular flexibility index (Phi) is 4.20. The van der Waals surface area contributed by atoms with Crippen molar-refractivity contribution in [2.24, 2.45) is 0 Å². The van der Waals surface area contributed by atoms with Gasteiger partial charge in [-0.25, -0.2) is 4.39 Å². The number of nitrogens with one attached hydrogen (secondary N) is 1. The number of likely N-dealkylation sites (N-methyl/N-ethyl adjacent to an activating group) is 1. The first kappa shape index (κ1) is 12.9. The van der Waals surface area contributed by atoms with Crippen LogP contribution in [0.15, 0.2) is 30.0 Å². The van der Waals surface area contributed by atoms with Crippen LogP contribution in [0.2, 0.25) is 0 Å². The van der Waals surface area contributed by atoms with Gasteiger partial charge in [0.2, 0.25) is 0 Å². The molecule has 0 aromatic heterocycles. The monoisotopic (exact) mass is 251 g/mol. The third kappa shape index (κ3) is 2.64. The normalized spacial score (nSPS) is 16.7. The molecule has 1 heterocycles. The second kappa shape index (κ2) is 5.87. The first-order valence-electron chi connectivity index (χ1n) is 6.10. The molecule has 0 bridgehead atoms. The number of benzene rings is 1. The van der Waals surface area contributed by atoms with Crippen LogP contribution in [-0.2, 0) is 4.74 Å². The zero-order valence-electron chi connectivity index (χ0n) is 10.7. The van der Waals surface area contributed by atoms with Gasteiger partial charge >= 0.3 is 0 Å². The second-order valence-corrected chi connectivity index (χ2v) is 4.21. The van der Waals surface area contributed by atoms with Gasteiger partial charge in [0.1, 0.15) is 5.76 Å². The van der Waals surface area contributed by atoms with Gasteiger partial charge in [0.25, 0.3) is 0 Å². The zero-order chi connectivity index (χ0) is 13.0. The van der Waals surface area contributed by atoms with Crippen LogP contribution in [0.4, 0.5) is 4.39 Å². The predicted octanol–water partition coefficient (Wildman–Crippen LogP) is 2.79. The highest BCUT2D eigenvalue weighted by Crippen LogP contribution is 2.29. The Hall–Kier alpha value is -1.55. The van der Waals surface area contributed by atoms with Crippen molar-refractivity contribution in [3.05, 3.63) is 41.4 Å². The molecule has 1 aliphatic heterocycles. The standard InChI is InChI=1S/C14H18FNO2/c1-16-14(12-5-3-4-8-18-12)10-6-7-11(15)13(9-10)17-2/h5-7,9,14,16H,3-4,8H2,1-2H3. The molecule has 1 unspecified atom stereocenters. The summed E-state index contributed by atoms with van der Waals surface area (Å²) in [6.07, 6.45) is 4.15. The van der Waals surface area contributed by atoms with E-state index in [9.17, 15) is 4.39 Å². The molecule has 1 N–H and O–H groups in total. The van der Waals surface area contributed by atoms with Gasteiger partial charge in [-0.2, -0.15) is 0 Å². The molecule has 0 aliphatic carbocycles. The molecule has 0 spiro atoms. The Labute approximate surface area is 107 Å². The fraction of sp³-hybridized carbons (Fsp3) is 0.429. The second-order valence-electron chi connectivity index (χ2n) is 4.21. The van der Waals surface area contributed by atoms with Crippen LogP contribution in [0.5, 0.6) is 5.75 Å². The summed E-state index contributed by atoms with van der Waals surface area (Å²) in [5.74, 6) is 0.802. The molecule has 1 aliphatic rings. The molecule has 1 aromatic rings. The summed E-state index contributed by atoms with van der Waals surface area (Å²) in [6.45, 7) is 0.738. The number of halogens is 1. The smallest absolute Gasteiger partial charge is 0.165 e. The van der Waals surface area contributed by atoms with Crippen molar-refractivity contribution in [2.75, 3.05) is 20.8 Å². The average molecular weight is 251 g/mol. The first-order chi connectivity index (χ1) is 8.76. The molecule has 1 aromatic carbocycles. The van der Waals surface area contributed by atoms with Gasteiger partial charge < -0.3 is 14.8 Å². The molecule has 98 valence electrons. The fourth-order valence-corrected chi connectivity index (χ4v) is 2.11. The van der Waals surface area contributed by atoms with Crippen molar-refractivity contribution in [1.82, 2.24) is 5.32 Å². The molecule has 3 nitrogen and oxygen atoms in total. The van der Waals surface area contributed by atoms with E-state index in [1.807, 2.05) is 7.05 Å². The average Bonchev–Trinajstić information content (AvgIpc) is 2.42. The molecule has 1 atom stereocenters. The molecule has 0 radical (unpaired) electrons. The Morgan fingerprint density at radius 2 is 2.28 bits per heavy atom. The van der Waals surface area contributed by atoms with E-state index in [0.717, 1.165) is 30.8 Å². The number of hydrogen-bond acceptors (Lipinski definition) is 3. The van der Waals surface area contributed by atoms with Gasteiger partial charge in [0.05, 0.1) is 19.8 Å². The van der Waals surface area contributed by atoms with E-state index in [1.54, 1.807) is 12.1 Å². The van der Waals surface area contributed by atoms with Crippen LogP contribution in [-0.4, -0.2) is 20.8 Å². The maximum absolute atomic E-state index is 13.4. The Morgan fingerprint density at radius 1 is 1.44 bits per heavy atom. The molecule has 18 heavy (non-hydrogen) atoms. The van der Waals surface area contributed by atoms with Crippen LogP contribution >= 0.6 is 0 Å². The van der Waals surface area contributed by atoms with Crippen molar-refractivity contribution in [2.45, 2.75) is 18.9 Å². The van der Waals surface area contributed by atoms with Crippen LogP contribution < -0.4 is 10.1 Å². The summed E-state index contributed by atoms with van der Waals surface area (Å²) in [5, 5.41) is 3.19. The summed E-state index contributed by atoms with van der Waals surface area (Å²) in [4.78, 5) is 0. The van der Waals surface area contributed by atoms with Crippen LogP contribution in [0, 0.1) is 5.82 Å². The van der Waals surface area contributed by atoms with E-state index >= 15 is 0 Å². The van der Waals surface area contributed by atoms with E-state index < -0.39 is 0 Å². The lowest BCUT2D eigenvalue weighted by molar-refractivity contribution is 0.169. The summed E-state index contributed by atoms with van der Waals surface area (Å²) >= 11 is 0. The van der Waals surface area contributed by atoms with Crippen molar-refractivity contribution >= 4 is 0 Å². The highest BCUT2D eigenvalue weighted by Gasteiger charge is 2.19. The minimum absolute atomic E-state index is 0.0557. The Morgan fingerprint density at radius 3 is 2.89 bits per heavy atom. The van der Waals surface area contributed by atoms with Crippen LogP contribution in [0.1, 0.15) is 24.4 Å². The van der Waals surface area contributed by atoms with E-state index in [4.69, 9.17) is 9.47 Å². The maximum atomic E-state index is 13.4. The minimum Gasteiger partial charge on any atom is -0.496 e. The lowest BCUT2D eigenvalue weighted by Crippen LogP contribution is -2.22. The largest absolute Gasteiger partial charge is 0.496 e. The molecule has 0 saturated heterocycles. The van der Waals surface area contributed by atoms with Gasteiger partial charge in [-0.3, -0.25) is 0 Å². The first-order valence-corrected chi connectivity index (χ1v) is 6.10. The maximum Gasteiger partial charge on any atom is 0.165 e. The molecule has 0 amide bonds. The quantitative estimate of drug-likeness (QED) is 0.892. The number of rotatable bonds is 4. The van der Waals surface area contributed by atoms with Crippen molar-refractivity contribution in [1.29, 1.82) is 0 Å². The highest BCUT2D eigenvalue weighted by atomic mass is 19.1. The molecule has 0 fully saturated rings. The van der Waals surface area contributed by atoms with E-state index in [0.29, 0.717) is 0 Å². The van der Waals surface area contributed by atoms with Crippen molar-refractivity contribution < 1.29 is 13.9 Å². The lowest BCUT2D eigenvalue weighted by Gasteiger charge is -2.24. The Balaban J connectivity index is 2.29. The van der Waals surface area contributed by atoms with Crippen LogP contribution in [0.25, 0.3) is 0 Å². The van der Waals surface area contributed by atoms with Crippen LogP contribution in [0.3, 0.4) is 0 Å². The van der Waals surface area contributed by atoms with E-state index in [2.05, 4.69) is 11.4 Å². The minimum atomic E-state index is -0.352. The van der Waals surface area contributed by atoms with E-state index in [1.165, 1.54) is 13.2 Å². The Bertz CT molecular complexity index is 445. The summed E-state index contributed by atoms with van der Waals surface area (Å²) < 4.78 is 24.0. The molecular formula is C14H18FNO2. The summed E-state index contributed by atoms with van der Waals surface area (Å²) in [6, 6.07) is 4.81. The predicted molar refractivity (Wildman–Crippen MR) is 68.0 cm³/mol. The van der Waals surface area contributed by atoms with Gasteiger partial charge in [0, 0.05) is 0 Å². The summed E-state index contributed by atoms with van der Waals surface area (Å²) in [7, 11) is 3.33. The number of ether oxygens (including phenoxy) is 2. The van der Waals surface area contributed by atoms with Gasteiger partial charge in [-0.05, 0) is 43.7 Å². The molecule has 0 saturated carbocycles. The third-order valence-electron chi connectivity index (χ3n) is 3.04. The molecular weight excluding hydrogens is 233 g/mol. The zero-order valence-corrected chi connectivity index (χ0v) is 10.7. The van der Waals surface area contributed by atoms with Gasteiger partial charge in [-0.1, -0.05) is 6.07 Å². The van der Waals surface area contributed by atoms with E-state index in [-0.39, 0.29) is 17.6 Å².